The van der Waals surface area contributed by atoms with Crippen LogP contribution in [0.3, 0.4) is 0 Å². The lowest BCUT2D eigenvalue weighted by molar-refractivity contribution is -0.136. The quantitative estimate of drug-likeness (QED) is 0.880. The summed E-state index contributed by atoms with van der Waals surface area (Å²) in [6.45, 7) is 0. The minimum atomic E-state index is -0.998. The predicted molar refractivity (Wildman–Crippen MR) is 75.5 cm³/mol. The number of hydrogen-bond donors (Lipinski definition) is 2. The number of rotatable bonds is 4. The molecule has 1 heterocycles. The smallest absolute Gasteiger partial charge is 0.309 e. The molecule has 2 N–H and O–H groups in total. The summed E-state index contributed by atoms with van der Waals surface area (Å²) >= 11 is 4.21. The first-order valence-electron chi connectivity index (χ1n) is 5.37. The number of carbonyl (C=O) groups is 2. The Labute approximate surface area is 125 Å². The number of benzene rings is 1. The van der Waals surface area contributed by atoms with Crippen molar-refractivity contribution in [3.8, 4) is 0 Å². The number of nitrogens with zero attached hydrogens (tertiary/aromatic N) is 1. The van der Waals surface area contributed by atoms with Crippen LogP contribution in [0.2, 0.25) is 0 Å². The van der Waals surface area contributed by atoms with Crippen molar-refractivity contribution in [2.45, 2.75) is 6.42 Å². The lowest BCUT2D eigenvalue weighted by Crippen LogP contribution is -2.12. The molecule has 1 aromatic carbocycles. The highest BCUT2D eigenvalue weighted by Gasteiger charge is 2.12. The third kappa shape index (κ3) is 3.84. The van der Waals surface area contributed by atoms with E-state index in [4.69, 9.17) is 5.11 Å². The molecule has 0 aliphatic carbocycles. The van der Waals surface area contributed by atoms with Crippen LogP contribution in [0.5, 0.6) is 0 Å². The van der Waals surface area contributed by atoms with E-state index in [1.54, 1.807) is 5.38 Å². The molecule has 0 spiro atoms. The Bertz CT molecular complexity index is 654. The predicted octanol–water partition coefficient (Wildman–Crippen LogP) is 2.92. The van der Waals surface area contributed by atoms with E-state index < -0.39 is 17.7 Å². The first kappa shape index (κ1) is 14.6. The largest absolute Gasteiger partial charge is 0.481 e. The van der Waals surface area contributed by atoms with Gasteiger partial charge in [0.2, 0.25) is 0 Å². The molecule has 104 valence electrons. The number of anilines is 1. The summed E-state index contributed by atoms with van der Waals surface area (Å²) in [7, 11) is 0. The van der Waals surface area contributed by atoms with Gasteiger partial charge < -0.3 is 5.11 Å². The minimum Gasteiger partial charge on any atom is -0.481 e. The molecule has 0 radical (unpaired) electrons. The van der Waals surface area contributed by atoms with Crippen LogP contribution in [0, 0.1) is 5.82 Å². The Kier molecular flexibility index (Phi) is 4.46. The lowest BCUT2D eigenvalue weighted by atomic mass is 10.2. The van der Waals surface area contributed by atoms with Crippen LogP contribution >= 0.6 is 27.3 Å². The van der Waals surface area contributed by atoms with Gasteiger partial charge >= 0.3 is 5.97 Å². The number of nitrogens with one attached hydrogen (secondary N) is 1. The molecule has 0 bridgehead atoms. The van der Waals surface area contributed by atoms with Gasteiger partial charge in [-0.3, -0.25) is 14.9 Å². The van der Waals surface area contributed by atoms with Crippen LogP contribution in [0.25, 0.3) is 0 Å². The third-order valence-electron chi connectivity index (χ3n) is 2.23. The molecule has 1 aromatic heterocycles. The summed E-state index contributed by atoms with van der Waals surface area (Å²) < 4.78 is 13.6. The van der Waals surface area contributed by atoms with Crippen LogP contribution in [0.15, 0.2) is 28.1 Å². The zero-order valence-corrected chi connectivity index (χ0v) is 12.3. The zero-order chi connectivity index (χ0) is 14.7. The van der Waals surface area contributed by atoms with E-state index in [0.717, 1.165) is 17.4 Å². The number of aliphatic carboxylic acids is 1. The molecular weight excluding hydrogens is 351 g/mol. The first-order valence-corrected chi connectivity index (χ1v) is 7.05. The van der Waals surface area contributed by atoms with E-state index in [-0.39, 0.29) is 17.1 Å². The van der Waals surface area contributed by atoms with Gasteiger partial charge in [-0.15, -0.1) is 11.3 Å². The molecule has 0 saturated heterocycles. The van der Waals surface area contributed by atoms with Crippen molar-refractivity contribution in [2.75, 3.05) is 5.32 Å². The maximum atomic E-state index is 13.2. The summed E-state index contributed by atoms with van der Waals surface area (Å²) in [6, 6.07) is 3.82. The van der Waals surface area contributed by atoms with E-state index in [1.807, 2.05) is 0 Å². The maximum Gasteiger partial charge on any atom is 0.309 e. The third-order valence-corrected chi connectivity index (χ3v) is 3.49. The zero-order valence-electron chi connectivity index (χ0n) is 9.89. The van der Waals surface area contributed by atoms with E-state index in [2.05, 4.69) is 26.2 Å². The number of hydrogen-bond acceptors (Lipinski definition) is 4. The fourth-order valence-corrected chi connectivity index (χ4v) is 2.63. The summed E-state index contributed by atoms with van der Waals surface area (Å²) in [5.41, 5.74) is 0.505. The molecule has 0 unspecified atom stereocenters. The highest BCUT2D eigenvalue weighted by Crippen LogP contribution is 2.19. The first-order chi connectivity index (χ1) is 9.44. The van der Waals surface area contributed by atoms with Crippen LogP contribution in [0.4, 0.5) is 9.52 Å². The number of carbonyl (C=O) groups excluding carboxylic acids is 1. The maximum absolute atomic E-state index is 13.2. The monoisotopic (exact) mass is 358 g/mol. The van der Waals surface area contributed by atoms with Crippen molar-refractivity contribution in [3.05, 3.63) is 45.1 Å². The Morgan fingerprint density at radius 3 is 2.80 bits per heavy atom. The Balaban J connectivity index is 2.11. The normalized spacial score (nSPS) is 10.3. The summed E-state index contributed by atoms with van der Waals surface area (Å²) in [5, 5.41) is 12.9. The SMILES string of the molecule is O=C(O)Cc1csc(NC(=O)c2cc(F)cc(Br)c2)n1. The van der Waals surface area contributed by atoms with E-state index in [9.17, 15) is 14.0 Å². The van der Waals surface area contributed by atoms with Crippen molar-refractivity contribution in [3.63, 3.8) is 0 Å². The highest BCUT2D eigenvalue weighted by molar-refractivity contribution is 9.10. The van der Waals surface area contributed by atoms with Gasteiger partial charge in [0.25, 0.3) is 5.91 Å². The Morgan fingerprint density at radius 1 is 1.40 bits per heavy atom. The van der Waals surface area contributed by atoms with Crippen molar-refractivity contribution in [1.29, 1.82) is 0 Å². The molecular formula is C12H8BrFN2O3S. The minimum absolute atomic E-state index is 0.145. The van der Waals surface area contributed by atoms with Gasteiger partial charge in [0.1, 0.15) is 5.82 Å². The Hall–Kier alpha value is -1.80. The molecule has 5 nitrogen and oxygen atoms in total. The van der Waals surface area contributed by atoms with Crippen molar-refractivity contribution in [1.82, 2.24) is 4.98 Å². The number of aromatic nitrogens is 1. The average Bonchev–Trinajstić information content (AvgIpc) is 2.74. The van der Waals surface area contributed by atoms with Crippen molar-refractivity contribution in [2.24, 2.45) is 0 Å². The molecule has 2 aromatic rings. The highest BCUT2D eigenvalue weighted by atomic mass is 79.9. The standard InChI is InChI=1S/C12H8BrFN2O3S/c13-7-1-6(2-8(14)3-7)11(19)16-12-15-9(5-20-12)4-10(17)18/h1-3,5H,4H2,(H,17,18)(H,15,16,19). The van der Waals surface area contributed by atoms with Crippen LogP contribution in [0.1, 0.15) is 16.1 Å². The van der Waals surface area contributed by atoms with Crippen molar-refractivity contribution < 1.29 is 19.1 Å². The summed E-state index contributed by atoms with van der Waals surface area (Å²) in [4.78, 5) is 26.4. The van der Waals surface area contributed by atoms with Crippen LogP contribution in [-0.2, 0) is 11.2 Å². The average molecular weight is 359 g/mol. The summed E-state index contributed by atoms with van der Waals surface area (Å²) in [5.74, 6) is -2.04. The Morgan fingerprint density at radius 2 is 2.15 bits per heavy atom. The van der Waals surface area contributed by atoms with Gasteiger partial charge in [0, 0.05) is 15.4 Å². The lowest BCUT2D eigenvalue weighted by Gasteiger charge is -2.02. The van der Waals surface area contributed by atoms with E-state index in [1.165, 1.54) is 12.1 Å². The van der Waals surface area contributed by atoms with Crippen LogP contribution < -0.4 is 5.32 Å². The van der Waals surface area contributed by atoms with E-state index in [0.29, 0.717) is 10.2 Å². The van der Waals surface area contributed by atoms with Gasteiger partial charge in [-0.2, -0.15) is 0 Å². The second-order valence-corrected chi connectivity index (χ2v) is 5.60. The van der Waals surface area contributed by atoms with Crippen molar-refractivity contribution >= 4 is 44.3 Å². The topological polar surface area (TPSA) is 79.3 Å². The molecule has 0 saturated carbocycles. The summed E-state index contributed by atoms with van der Waals surface area (Å²) in [6.07, 6.45) is -0.210. The number of amides is 1. The van der Waals surface area contributed by atoms with Gasteiger partial charge in [-0.05, 0) is 18.2 Å². The fraction of sp³-hybridized carbons (Fsp3) is 0.0833. The molecule has 0 aliphatic rings. The van der Waals surface area contributed by atoms with Crippen LogP contribution in [-0.4, -0.2) is 22.0 Å². The number of carboxylic acid groups (broad SMARTS) is 1. The molecule has 0 atom stereocenters. The fourth-order valence-electron chi connectivity index (χ4n) is 1.45. The second-order valence-electron chi connectivity index (χ2n) is 3.83. The number of carboxylic acids is 1. The number of halogens is 2. The number of thiazole rings is 1. The van der Waals surface area contributed by atoms with Gasteiger partial charge in [-0.1, -0.05) is 15.9 Å². The van der Waals surface area contributed by atoms with Gasteiger partial charge in [0.05, 0.1) is 12.1 Å². The molecule has 0 fully saturated rings. The molecule has 2 rings (SSSR count). The van der Waals surface area contributed by atoms with E-state index >= 15 is 0 Å². The molecule has 20 heavy (non-hydrogen) atoms. The van der Waals surface area contributed by atoms with Gasteiger partial charge in [0.15, 0.2) is 5.13 Å². The molecule has 1 amide bonds. The molecule has 0 aliphatic heterocycles. The van der Waals surface area contributed by atoms with Gasteiger partial charge in [-0.25, -0.2) is 9.37 Å². The molecule has 8 heteroatoms. The second kappa shape index (κ2) is 6.10.